The van der Waals surface area contributed by atoms with Gasteiger partial charge in [0.05, 0.1) is 0 Å². The molecule has 0 bridgehead atoms. The lowest BCUT2D eigenvalue weighted by Crippen LogP contribution is -2.33. The molecule has 0 saturated carbocycles. The van der Waals surface area contributed by atoms with Crippen LogP contribution >= 0.6 is 0 Å². The number of benzene rings is 1. The first kappa shape index (κ1) is 19.1. The molecule has 0 aliphatic carbocycles. The Balaban J connectivity index is 1.51. The number of hydrogen-bond donors (Lipinski definition) is 1. The number of aromatic nitrogens is 4. The standard InChI is InChI=1S/C20H23FN6O2/c1-13-5-8-25(9-6-13)17-7-10-26-19(23-17)24-27(20(26)29)12-18(28)22-15-4-3-14(2)16(21)11-15/h3-4,7,10-11,13H,5-6,8-9,12H2,1-2H3,(H,22,28). The lowest BCUT2D eigenvalue weighted by molar-refractivity contribution is -0.117. The number of nitrogens with one attached hydrogen (secondary N) is 1. The van der Waals surface area contributed by atoms with Gasteiger partial charge in [-0.3, -0.25) is 4.79 Å². The molecule has 152 valence electrons. The third kappa shape index (κ3) is 3.98. The molecular formula is C20H23FN6O2. The van der Waals surface area contributed by atoms with Gasteiger partial charge in [-0.25, -0.2) is 18.3 Å². The number of amides is 1. The first-order valence-corrected chi connectivity index (χ1v) is 9.68. The minimum Gasteiger partial charge on any atom is -0.356 e. The molecule has 0 unspecified atom stereocenters. The maximum absolute atomic E-state index is 13.6. The molecule has 1 N–H and O–H groups in total. The average Bonchev–Trinajstić information content (AvgIpc) is 3.00. The smallest absolute Gasteiger partial charge is 0.352 e. The van der Waals surface area contributed by atoms with Crippen molar-refractivity contribution >= 4 is 23.2 Å². The number of piperidine rings is 1. The van der Waals surface area contributed by atoms with E-state index in [-0.39, 0.29) is 12.3 Å². The van der Waals surface area contributed by atoms with Crippen LogP contribution in [0.1, 0.15) is 25.3 Å². The summed E-state index contributed by atoms with van der Waals surface area (Å²) in [7, 11) is 0. The summed E-state index contributed by atoms with van der Waals surface area (Å²) in [4.78, 5) is 31.5. The first-order chi connectivity index (χ1) is 13.9. The molecule has 1 saturated heterocycles. The van der Waals surface area contributed by atoms with E-state index in [1.54, 1.807) is 31.3 Å². The van der Waals surface area contributed by atoms with Gasteiger partial charge in [-0.1, -0.05) is 13.0 Å². The number of fused-ring (bicyclic) bond motifs is 1. The van der Waals surface area contributed by atoms with E-state index < -0.39 is 17.4 Å². The number of hydrogen-bond acceptors (Lipinski definition) is 5. The summed E-state index contributed by atoms with van der Waals surface area (Å²) in [5, 5.41) is 6.77. The molecule has 1 aromatic carbocycles. The molecule has 0 spiro atoms. The van der Waals surface area contributed by atoms with Crippen LogP contribution in [0.5, 0.6) is 0 Å². The maximum Gasteiger partial charge on any atom is 0.352 e. The fraction of sp³-hybridized carbons (Fsp3) is 0.400. The van der Waals surface area contributed by atoms with Crippen LogP contribution in [0.4, 0.5) is 15.9 Å². The lowest BCUT2D eigenvalue weighted by Gasteiger charge is -2.30. The third-order valence-electron chi connectivity index (χ3n) is 5.30. The van der Waals surface area contributed by atoms with Crippen molar-refractivity contribution in [2.45, 2.75) is 33.2 Å². The van der Waals surface area contributed by atoms with E-state index in [2.05, 4.69) is 27.2 Å². The summed E-state index contributed by atoms with van der Waals surface area (Å²) in [5.74, 6) is 0.860. The van der Waals surface area contributed by atoms with Crippen LogP contribution in [-0.4, -0.2) is 38.2 Å². The lowest BCUT2D eigenvalue weighted by atomic mass is 9.99. The normalized spacial score (nSPS) is 15.1. The van der Waals surface area contributed by atoms with Crippen molar-refractivity contribution in [2.75, 3.05) is 23.3 Å². The van der Waals surface area contributed by atoms with Gasteiger partial charge in [-0.15, -0.1) is 5.10 Å². The summed E-state index contributed by atoms with van der Waals surface area (Å²) in [5.41, 5.74) is 0.371. The highest BCUT2D eigenvalue weighted by atomic mass is 19.1. The van der Waals surface area contributed by atoms with Crippen LogP contribution in [0.3, 0.4) is 0 Å². The molecule has 0 radical (unpaired) electrons. The Morgan fingerprint density at radius 1 is 1.28 bits per heavy atom. The Labute approximate surface area is 167 Å². The van der Waals surface area contributed by atoms with Gasteiger partial charge in [-0.05, 0) is 49.4 Å². The van der Waals surface area contributed by atoms with Crippen LogP contribution in [0.15, 0.2) is 35.3 Å². The minimum atomic E-state index is -0.469. The number of rotatable bonds is 4. The molecule has 1 amide bonds. The van der Waals surface area contributed by atoms with Crippen molar-refractivity contribution in [3.8, 4) is 0 Å². The topological polar surface area (TPSA) is 84.5 Å². The molecule has 9 heteroatoms. The molecule has 2 aromatic heterocycles. The van der Waals surface area contributed by atoms with E-state index in [4.69, 9.17) is 0 Å². The number of carbonyl (C=O) groups excluding carboxylic acids is 1. The van der Waals surface area contributed by atoms with E-state index in [0.29, 0.717) is 17.2 Å². The van der Waals surface area contributed by atoms with Crippen LogP contribution in [0.25, 0.3) is 5.78 Å². The van der Waals surface area contributed by atoms with Gasteiger partial charge >= 0.3 is 5.69 Å². The summed E-state index contributed by atoms with van der Waals surface area (Å²) in [6.07, 6.45) is 3.84. The first-order valence-electron chi connectivity index (χ1n) is 9.68. The van der Waals surface area contributed by atoms with Gasteiger partial charge in [0, 0.05) is 25.0 Å². The quantitative estimate of drug-likeness (QED) is 0.728. The summed E-state index contributed by atoms with van der Waals surface area (Å²) in [6.45, 7) is 5.44. The average molecular weight is 398 g/mol. The fourth-order valence-electron chi connectivity index (χ4n) is 3.42. The molecule has 1 aliphatic heterocycles. The zero-order chi connectivity index (χ0) is 20.5. The molecule has 1 fully saturated rings. The molecule has 0 atom stereocenters. The Hall–Kier alpha value is -3.23. The second-order valence-corrected chi connectivity index (χ2v) is 7.58. The van der Waals surface area contributed by atoms with E-state index >= 15 is 0 Å². The second kappa shape index (κ2) is 7.65. The van der Waals surface area contributed by atoms with Gasteiger partial charge in [-0.2, -0.15) is 4.98 Å². The Morgan fingerprint density at radius 2 is 2.03 bits per heavy atom. The summed E-state index contributed by atoms with van der Waals surface area (Å²) >= 11 is 0. The third-order valence-corrected chi connectivity index (χ3v) is 5.30. The van der Waals surface area contributed by atoms with Gasteiger partial charge in [0.25, 0.3) is 5.78 Å². The SMILES string of the molecule is Cc1ccc(NC(=O)Cn2nc3nc(N4CCC(C)CC4)ccn3c2=O)cc1F. The van der Waals surface area contributed by atoms with Crippen LogP contribution in [0.2, 0.25) is 0 Å². The Bertz CT molecular complexity index is 1110. The highest BCUT2D eigenvalue weighted by molar-refractivity contribution is 5.90. The van der Waals surface area contributed by atoms with Crippen LogP contribution in [-0.2, 0) is 11.3 Å². The minimum absolute atomic E-state index is 0.250. The summed E-state index contributed by atoms with van der Waals surface area (Å²) in [6, 6.07) is 6.23. The fourth-order valence-corrected chi connectivity index (χ4v) is 3.42. The zero-order valence-corrected chi connectivity index (χ0v) is 16.4. The van der Waals surface area contributed by atoms with Crippen molar-refractivity contribution in [3.05, 3.63) is 52.3 Å². The molecule has 1 aliphatic rings. The maximum atomic E-state index is 13.6. The Morgan fingerprint density at radius 3 is 2.76 bits per heavy atom. The van der Waals surface area contributed by atoms with E-state index in [9.17, 15) is 14.0 Å². The zero-order valence-electron chi connectivity index (χ0n) is 16.4. The van der Waals surface area contributed by atoms with Crippen LogP contribution < -0.4 is 15.9 Å². The second-order valence-electron chi connectivity index (χ2n) is 7.58. The number of nitrogens with zero attached hydrogens (tertiary/aromatic N) is 5. The van der Waals surface area contributed by atoms with Gasteiger partial charge in [0.1, 0.15) is 18.2 Å². The number of aryl methyl sites for hydroxylation is 1. The summed E-state index contributed by atoms with van der Waals surface area (Å²) < 4.78 is 16.0. The number of halogens is 1. The van der Waals surface area contributed by atoms with Crippen molar-refractivity contribution in [1.29, 1.82) is 0 Å². The van der Waals surface area contributed by atoms with Crippen molar-refractivity contribution in [1.82, 2.24) is 19.2 Å². The highest BCUT2D eigenvalue weighted by Crippen LogP contribution is 2.21. The van der Waals surface area contributed by atoms with E-state index in [1.807, 2.05) is 0 Å². The predicted molar refractivity (Wildman–Crippen MR) is 108 cm³/mol. The highest BCUT2D eigenvalue weighted by Gasteiger charge is 2.19. The van der Waals surface area contributed by atoms with Gasteiger partial charge < -0.3 is 10.2 Å². The molecule has 3 heterocycles. The van der Waals surface area contributed by atoms with Crippen molar-refractivity contribution < 1.29 is 9.18 Å². The van der Waals surface area contributed by atoms with Gasteiger partial charge in [0.2, 0.25) is 5.91 Å². The van der Waals surface area contributed by atoms with E-state index in [1.165, 1.54) is 10.5 Å². The number of carbonyl (C=O) groups is 1. The van der Waals surface area contributed by atoms with Crippen molar-refractivity contribution in [3.63, 3.8) is 0 Å². The molecule has 3 aromatic rings. The molecule has 29 heavy (non-hydrogen) atoms. The Kier molecular flexibility index (Phi) is 5.04. The van der Waals surface area contributed by atoms with Crippen LogP contribution in [0, 0.1) is 18.7 Å². The molecule has 4 rings (SSSR count). The van der Waals surface area contributed by atoms with E-state index in [0.717, 1.165) is 36.4 Å². The van der Waals surface area contributed by atoms with Gasteiger partial charge in [0.15, 0.2) is 0 Å². The molecular weight excluding hydrogens is 375 g/mol. The van der Waals surface area contributed by atoms with Crippen molar-refractivity contribution in [2.24, 2.45) is 5.92 Å². The molecule has 8 nitrogen and oxygen atoms in total. The number of anilines is 2. The predicted octanol–water partition coefficient (Wildman–Crippen LogP) is 2.21. The monoisotopic (exact) mass is 398 g/mol. The largest absolute Gasteiger partial charge is 0.356 e.